The smallest absolute Gasteiger partial charge is 0.191 e. The number of aliphatic imine (C=N–C) groups is 1. The van der Waals surface area contributed by atoms with Crippen molar-refractivity contribution in [1.82, 2.24) is 15.5 Å². The highest BCUT2D eigenvalue weighted by Crippen LogP contribution is 2.51. The normalized spacial score (nSPS) is 32.1. The Balaban J connectivity index is 0.00000225. The van der Waals surface area contributed by atoms with Gasteiger partial charge in [-0.3, -0.25) is 4.99 Å². The molecule has 146 valence electrons. The Hall–Kier alpha value is -0.0800. The Labute approximate surface area is 170 Å². The SMILES string of the molecule is CCNC(=NCCN1CCCCC1)NC1C2CCCOC2C1(C)C.I. The molecule has 3 fully saturated rings. The summed E-state index contributed by atoms with van der Waals surface area (Å²) in [6.07, 6.45) is 6.98. The Morgan fingerprint density at radius 1 is 1.20 bits per heavy atom. The second kappa shape index (κ2) is 9.74. The standard InChI is InChI=1S/C19H36N4O.HI/c1-4-20-18(21-10-13-23-11-6-5-7-12-23)22-16-15-9-8-14-24-17(15)19(16,2)3;/h15-17H,4-14H2,1-3H3,(H2,20,21,22);1H. The molecule has 2 aliphatic heterocycles. The van der Waals surface area contributed by atoms with Crippen molar-refractivity contribution in [3.05, 3.63) is 0 Å². The molecule has 0 aromatic carbocycles. The monoisotopic (exact) mass is 464 g/mol. The van der Waals surface area contributed by atoms with Crippen LogP contribution < -0.4 is 10.6 Å². The number of guanidine groups is 1. The lowest BCUT2D eigenvalue weighted by Crippen LogP contribution is -2.71. The molecular formula is C19H37IN4O. The second-order valence-corrected chi connectivity index (χ2v) is 8.20. The maximum Gasteiger partial charge on any atom is 0.191 e. The molecule has 0 aromatic rings. The molecule has 3 rings (SSSR count). The maximum absolute atomic E-state index is 6.02. The zero-order chi connectivity index (χ0) is 17.0. The lowest BCUT2D eigenvalue weighted by Gasteiger charge is -2.60. The molecule has 0 radical (unpaired) electrons. The van der Waals surface area contributed by atoms with Crippen molar-refractivity contribution in [3.63, 3.8) is 0 Å². The number of likely N-dealkylation sites (tertiary alicyclic amines) is 1. The van der Waals surface area contributed by atoms with Crippen molar-refractivity contribution in [3.8, 4) is 0 Å². The largest absolute Gasteiger partial charge is 0.377 e. The highest BCUT2D eigenvalue weighted by Gasteiger charge is 2.58. The van der Waals surface area contributed by atoms with Crippen LogP contribution in [0.3, 0.4) is 0 Å². The Morgan fingerprint density at radius 2 is 1.96 bits per heavy atom. The quantitative estimate of drug-likeness (QED) is 0.373. The van der Waals surface area contributed by atoms with Crippen LogP contribution in [0, 0.1) is 11.3 Å². The van der Waals surface area contributed by atoms with Crippen molar-refractivity contribution >= 4 is 29.9 Å². The third-order valence-electron chi connectivity index (χ3n) is 6.10. The van der Waals surface area contributed by atoms with E-state index >= 15 is 0 Å². The van der Waals surface area contributed by atoms with Crippen molar-refractivity contribution < 1.29 is 4.74 Å². The zero-order valence-corrected chi connectivity index (χ0v) is 18.6. The van der Waals surface area contributed by atoms with Crippen LogP contribution >= 0.6 is 24.0 Å². The summed E-state index contributed by atoms with van der Waals surface area (Å²) < 4.78 is 6.02. The summed E-state index contributed by atoms with van der Waals surface area (Å²) >= 11 is 0. The summed E-state index contributed by atoms with van der Waals surface area (Å²) in [5.74, 6) is 1.62. The fourth-order valence-corrected chi connectivity index (χ4v) is 4.77. The van der Waals surface area contributed by atoms with E-state index < -0.39 is 0 Å². The Morgan fingerprint density at radius 3 is 2.68 bits per heavy atom. The molecule has 0 aromatic heterocycles. The first-order valence-electron chi connectivity index (χ1n) is 10.0. The van der Waals surface area contributed by atoms with E-state index in [2.05, 4.69) is 36.3 Å². The minimum Gasteiger partial charge on any atom is -0.377 e. The fraction of sp³-hybridized carbons (Fsp3) is 0.947. The molecule has 1 aliphatic carbocycles. The first-order chi connectivity index (χ1) is 11.6. The van der Waals surface area contributed by atoms with Gasteiger partial charge in [-0.25, -0.2) is 0 Å². The van der Waals surface area contributed by atoms with Gasteiger partial charge in [0, 0.05) is 37.1 Å². The Kier molecular flexibility index (Phi) is 8.27. The van der Waals surface area contributed by atoms with Crippen molar-refractivity contribution in [1.29, 1.82) is 0 Å². The topological polar surface area (TPSA) is 48.9 Å². The zero-order valence-electron chi connectivity index (χ0n) is 16.2. The van der Waals surface area contributed by atoms with Crippen molar-refractivity contribution in [2.45, 2.75) is 65.0 Å². The summed E-state index contributed by atoms with van der Waals surface area (Å²) in [4.78, 5) is 7.39. The van der Waals surface area contributed by atoms with Crippen molar-refractivity contribution in [2.75, 3.05) is 39.3 Å². The van der Waals surface area contributed by atoms with E-state index in [4.69, 9.17) is 9.73 Å². The molecular weight excluding hydrogens is 427 g/mol. The molecule has 3 aliphatic rings. The predicted molar refractivity (Wildman–Crippen MR) is 115 cm³/mol. The molecule has 0 amide bonds. The van der Waals surface area contributed by atoms with E-state index in [9.17, 15) is 0 Å². The van der Waals surface area contributed by atoms with Gasteiger partial charge >= 0.3 is 0 Å². The van der Waals surface area contributed by atoms with Gasteiger partial charge in [-0.1, -0.05) is 20.3 Å². The van der Waals surface area contributed by atoms with Gasteiger partial charge in [0.05, 0.1) is 12.6 Å². The van der Waals surface area contributed by atoms with E-state index in [-0.39, 0.29) is 29.4 Å². The highest BCUT2D eigenvalue weighted by molar-refractivity contribution is 14.0. The number of hydrogen-bond donors (Lipinski definition) is 2. The highest BCUT2D eigenvalue weighted by atomic mass is 127. The van der Waals surface area contributed by atoms with Crippen LogP contribution in [-0.4, -0.2) is 62.3 Å². The van der Waals surface area contributed by atoms with E-state index in [1.54, 1.807) is 0 Å². The molecule has 2 N–H and O–H groups in total. The molecule has 25 heavy (non-hydrogen) atoms. The maximum atomic E-state index is 6.02. The molecule has 3 unspecified atom stereocenters. The van der Waals surface area contributed by atoms with Gasteiger partial charge in [-0.05, 0) is 45.7 Å². The summed E-state index contributed by atoms with van der Waals surface area (Å²) in [5, 5.41) is 7.15. The third-order valence-corrected chi connectivity index (χ3v) is 6.10. The number of nitrogens with one attached hydrogen (secondary N) is 2. The first kappa shape index (κ1) is 21.2. The van der Waals surface area contributed by atoms with Crippen LogP contribution in [0.5, 0.6) is 0 Å². The van der Waals surface area contributed by atoms with E-state index in [1.807, 2.05) is 0 Å². The lowest BCUT2D eigenvalue weighted by molar-refractivity contribution is -0.188. The molecule has 0 bridgehead atoms. The van der Waals surface area contributed by atoms with E-state index in [0.29, 0.717) is 18.1 Å². The summed E-state index contributed by atoms with van der Waals surface area (Å²) in [6, 6.07) is 0.468. The van der Waals surface area contributed by atoms with E-state index in [1.165, 1.54) is 45.2 Å². The van der Waals surface area contributed by atoms with Crippen LogP contribution in [0.1, 0.15) is 52.9 Å². The number of hydrogen-bond acceptors (Lipinski definition) is 3. The minimum atomic E-state index is 0. The first-order valence-corrected chi connectivity index (χ1v) is 10.0. The average Bonchev–Trinajstić information content (AvgIpc) is 2.60. The van der Waals surface area contributed by atoms with Crippen LogP contribution in [0.25, 0.3) is 0 Å². The number of fused-ring (bicyclic) bond motifs is 1. The predicted octanol–water partition coefficient (Wildman–Crippen LogP) is 2.85. The number of nitrogens with zero attached hydrogens (tertiary/aromatic N) is 2. The van der Waals surface area contributed by atoms with E-state index in [0.717, 1.165) is 32.2 Å². The van der Waals surface area contributed by atoms with Gasteiger partial charge < -0.3 is 20.3 Å². The number of halogens is 1. The fourth-order valence-electron chi connectivity index (χ4n) is 4.77. The number of ether oxygens (including phenoxy) is 1. The summed E-state index contributed by atoms with van der Waals surface area (Å²) in [5.41, 5.74) is 0.189. The van der Waals surface area contributed by atoms with Crippen LogP contribution in [0.2, 0.25) is 0 Å². The van der Waals surface area contributed by atoms with Crippen LogP contribution in [0.4, 0.5) is 0 Å². The van der Waals surface area contributed by atoms with Crippen LogP contribution in [-0.2, 0) is 4.74 Å². The number of piperidine rings is 1. The minimum absolute atomic E-state index is 0. The molecule has 5 nitrogen and oxygen atoms in total. The van der Waals surface area contributed by atoms with Gasteiger partial charge in [0.15, 0.2) is 5.96 Å². The molecule has 2 saturated heterocycles. The lowest BCUT2D eigenvalue weighted by atomic mass is 9.55. The third kappa shape index (κ3) is 5.01. The summed E-state index contributed by atoms with van der Waals surface area (Å²) in [7, 11) is 0. The van der Waals surface area contributed by atoms with Gasteiger partial charge in [0.25, 0.3) is 0 Å². The van der Waals surface area contributed by atoms with Gasteiger partial charge in [0.2, 0.25) is 0 Å². The summed E-state index contributed by atoms with van der Waals surface area (Å²) in [6.45, 7) is 13.1. The molecule has 0 spiro atoms. The Bertz CT molecular complexity index is 437. The molecule has 2 heterocycles. The van der Waals surface area contributed by atoms with Crippen molar-refractivity contribution in [2.24, 2.45) is 16.3 Å². The molecule has 6 heteroatoms. The van der Waals surface area contributed by atoms with Gasteiger partial charge in [-0.2, -0.15) is 0 Å². The second-order valence-electron chi connectivity index (χ2n) is 8.20. The van der Waals surface area contributed by atoms with Gasteiger partial charge in [-0.15, -0.1) is 24.0 Å². The molecule has 1 saturated carbocycles. The number of rotatable bonds is 5. The molecule has 3 atom stereocenters. The van der Waals surface area contributed by atoms with Gasteiger partial charge in [0.1, 0.15) is 0 Å². The van der Waals surface area contributed by atoms with Crippen LogP contribution in [0.15, 0.2) is 4.99 Å². The average molecular weight is 464 g/mol.